The number of benzene rings is 2. The van der Waals surface area contributed by atoms with E-state index in [1.165, 1.54) is 23.2 Å². The van der Waals surface area contributed by atoms with Crippen LogP contribution < -0.4 is 10.2 Å². The molecule has 0 atom stereocenters. The van der Waals surface area contributed by atoms with Crippen LogP contribution in [0.2, 0.25) is 0 Å². The number of imidazole rings is 1. The number of carbonyl (C=O) groups excluding carboxylic acids is 1. The van der Waals surface area contributed by atoms with E-state index in [0.717, 1.165) is 18.5 Å². The predicted molar refractivity (Wildman–Crippen MR) is 131 cm³/mol. The van der Waals surface area contributed by atoms with Gasteiger partial charge in [0.1, 0.15) is 5.75 Å². The highest BCUT2D eigenvalue weighted by Crippen LogP contribution is 2.35. The summed E-state index contributed by atoms with van der Waals surface area (Å²) in [6, 6.07) is 14.2. The Morgan fingerprint density at radius 3 is 2.57 bits per heavy atom. The van der Waals surface area contributed by atoms with Crippen molar-refractivity contribution in [3.63, 3.8) is 0 Å². The number of rotatable bonds is 9. The van der Waals surface area contributed by atoms with Crippen molar-refractivity contribution in [3.05, 3.63) is 72.8 Å². The van der Waals surface area contributed by atoms with Crippen LogP contribution in [0.15, 0.2) is 72.1 Å². The molecule has 2 aromatic carbocycles. The normalized spacial score (nSPS) is 15.1. The van der Waals surface area contributed by atoms with E-state index in [9.17, 15) is 13.2 Å². The van der Waals surface area contributed by atoms with Crippen molar-refractivity contribution in [2.75, 3.05) is 19.8 Å². The van der Waals surface area contributed by atoms with E-state index in [4.69, 9.17) is 14.7 Å². The minimum absolute atomic E-state index is 0. The first-order valence-electron chi connectivity index (χ1n) is 11.0. The minimum atomic E-state index is -4.05. The molecule has 9 nitrogen and oxygen atoms in total. The van der Waals surface area contributed by atoms with Gasteiger partial charge in [0.15, 0.2) is 14.6 Å². The van der Waals surface area contributed by atoms with Gasteiger partial charge in [-0.2, -0.15) is 0 Å². The van der Waals surface area contributed by atoms with E-state index in [2.05, 4.69) is 17.1 Å². The van der Waals surface area contributed by atoms with E-state index >= 15 is 0 Å². The Balaban J connectivity index is 0.00000342. The Labute approximate surface area is 210 Å². The number of hydrogen-bond acceptors (Lipinski definition) is 7. The zero-order valence-electron chi connectivity index (χ0n) is 19.0. The lowest BCUT2D eigenvalue weighted by molar-refractivity contribution is -0.134. The van der Waals surface area contributed by atoms with Gasteiger partial charge in [0, 0.05) is 31.3 Å². The Bertz CT molecular complexity index is 1210. The molecule has 3 aromatic rings. The van der Waals surface area contributed by atoms with Crippen molar-refractivity contribution >= 4 is 28.2 Å². The fraction of sp³-hybridized carbons (Fsp3) is 0.333. The van der Waals surface area contributed by atoms with Crippen LogP contribution in [0.1, 0.15) is 24.8 Å². The van der Waals surface area contributed by atoms with Crippen LogP contribution in [0, 0.1) is 0 Å². The zero-order valence-corrected chi connectivity index (χ0v) is 20.6. The van der Waals surface area contributed by atoms with Crippen molar-refractivity contribution < 1.29 is 27.9 Å². The first kappa shape index (κ1) is 26.7. The molecule has 0 bridgehead atoms. The highest BCUT2D eigenvalue weighted by Gasteiger charge is 2.52. The average molecular weight is 522 g/mol. The average Bonchev–Trinajstić information content (AvgIpc) is 3.42. The number of halogens is 1. The van der Waals surface area contributed by atoms with Crippen LogP contribution in [-0.2, 0) is 25.8 Å². The summed E-state index contributed by atoms with van der Waals surface area (Å²) in [4.78, 5) is 16.4. The SMILES string of the molecule is Cl.O=C(NO)C1(S(=O)(=O)c2ccc(OCCCc3cccc(-n4ccnc4)c3)cc2)CCOCC1. The molecular formula is C24H28ClN3O6S. The monoisotopic (exact) mass is 521 g/mol. The Hall–Kier alpha value is -2.92. The van der Waals surface area contributed by atoms with E-state index in [1.807, 2.05) is 22.9 Å². The van der Waals surface area contributed by atoms with Gasteiger partial charge in [0.25, 0.3) is 5.91 Å². The molecule has 2 N–H and O–H groups in total. The van der Waals surface area contributed by atoms with Gasteiger partial charge in [0.05, 0.1) is 17.8 Å². The molecule has 4 rings (SSSR count). The third-order valence-corrected chi connectivity index (χ3v) is 8.57. The second-order valence-corrected chi connectivity index (χ2v) is 10.4. The van der Waals surface area contributed by atoms with Crippen LogP contribution >= 0.6 is 12.4 Å². The van der Waals surface area contributed by atoms with Crippen molar-refractivity contribution in [3.8, 4) is 11.4 Å². The summed E-state index contributed by atoms with van der Waals surface area (Å²) < 4.78 is 37.8. The maximum Gasteiger partial charge on any atom is 0.265 e. The number of hydrogen-bond donors (Lipinski definition) is 2. The summed E-state index contributed by atoms with van der Waals surface area (Å²) in [5, 5.41) is 9.14. The fourth-order valence-electron chi connectivity index (χ4n) is 4.11. The molecule has 1 aliphatic rings. The lowest BCUT2D eigenvalue weighted by Crippen LogP contribution is -2.54. The minimum Gasteiger partial charge on any atom is -0.494 e. The lowest BCUT2D eigenvalue weighted by atomic mass is 9.98. The Kier molecular flexibility index (Phi) is 8.90. The number of amides is 1. The lowest BCUT2D eigenvalue weighted by Gasteiger charge is -2.34. The van der Waals surface area contributed by atoms with Gasteiger partial charge in [0.2, 0.25) is 0 Å². The zero-order chi connectivity index (χ0) is 24.0. The van der Waals surface area contributed by atoms with Crippen LogP contribution in [-0.4, -0.2) is 53.7 Å². The summed E-state index contributed by atoms with van der Waals surface area (Å²) in [5.74, 6) is -0.396. The summed E-state index contributed by atoms with van der Waals surface area (Å²) in [5.41, 5.74) is 3.75. The molecule has 0 spiro atoms. The second kappa shape index (κ2) is 11.7. The first-order chi connectivity index (χ1) is 16.5. The number of ether oxygens (including phenoxy) is 2. The molecule has 1 fully saturated rings. The van der Waals surface area contributed by atoms with Crippen molar-refractivity contribution in [2.45, 2.75) is 35.3 Å². The maximum absolute atomic E-state index is 13.3. The molecule has 1 aromatic heterocycles. The van der Waals surface area contributed by atoms with Crippen molar-refractivity contribution in [1.82, 2.24) is 15.0 Å². The first-order valence-corrected chi connectivity index (χ1v) is 12.5. The van der Waals surface area contributed by atoms with Gasteiger partial charge in [-0.3, -0.25) is 10.0 Å². The molecule has 1 amide bonds. The number of aromatic nitrogens is 2. The highest BCUT2D eigenvalue weighted by atomic mass is 35.5. The predicted octanol–water partition coefficient (Wildman–Crippen LogP) is 3.13. The molecule has 1 aliphatic heterocycles. The van der Waals surface area contributed by atoms with Crippen LogP contribution in [0.4, 0.5) is 0 Å². The smallest absolute Gasteiger partial charge is 0.265 e. The number of aryl methyl sites for hydroxylation is 1. The molecular weight excluding hydrogens is 494 g/mol. The molecule has 0 unspecified atom stereocenters. The van der Waals surface area contributed by atoms with Gasteiger partial charge >= 0.3 is 0 Å². The fourth-order valence-corrected chi connectivity index (χ4v) is 6.05. The topological polar surface area (TPSA) is 120 Å². The number of carbonyl (C=O) groups is 1. The van der Waals surface area contributed by atoms with Crippen LogP contribution in [0.3, 0.4) is 0 Å². The Morgan fingerprint density at radius 2 is 1.91 bits per heavy atom. The molecule has 0 saturated carbocycles. The molecule has 0 radical (unpaired) electrons. The summed E-state index contributed by atoms with van der Waals surface area (Å²) in [6.07, 6.45) is 6.95. The molecule has 1 saturated heterocycles. The molecule has 35 heavy (non-hydrogen) atoms. The van der Waals surface area contributed by atoms with E-state index < -0.39 is 20.5 Å². The van der Waals surface area contributed by atoms with Gasteiger partial charge in [-0.05, 0) is 67.6 Å². The van der Waals surface area contributed by atoms with Gasteiger partial charge in [-0.15, -0.1) is 12.4 Å². The van der Waals surface area contributed by atoms with E-state index in [1.54, 1.807) is 24.7 Å². The summed E-state index contributed by atoms with van der Waals surface area (Å²) in [7, 11) is -4.05. The van der Waals surface area contributed by atoms with E-state index in [0.29, 0.717) is 12.4 Å². The third kappa shape index (κ3) is 5.67. The molecule has 0 aliphatic carbocycles. The van der Waals surface area contributed by atoms with Gasteiger partial charge in [-0.25, -0.2) is 18.9 Å². The number of nitrogens with zero attached hydrogens (tertiary/aromatic N) is 2. The third-order valence-electron chi connectivity index (χ3n) is 6.06. The van der Waals surface area contributed by atoms with Crippen molar-refractivity contribution in [2.24, 2.45) is 0 Å². The number of hydroxylamine groups is 1. The standard InChI is InChI=1S/C24H27N3O6S.ClH/c28-23(26-29)24(10-15-32-16-11-24)34(30,31)22-8-6-21(7-9-22)33-14-2-4-19-3-1-5-20(17-19)27-13-12-25-18-27;/h1,3,5-9,12-13,17-18,29H,2,4,10-11,14-16H2,(H,26,28);1H. The van der Waals surface area contributed by atoms with Crippen molar-refractivity contribution in [1.29, 1.82) is 0 Å². The van der Waals surface area contributed by atoms with Gasteiger partial charge in [-0.1, -0.05) is 12.1 Å². The molecule has 2 heterocycles. The van der Waals surface area contributed by atoms with Crippen LogP contribution in [0.5, 0.6) is 5.75 Å². The number of nitrogens with one attached hydrogen (secondary N) is 1. The molecule has 188 valence electrons. The van der Waals surface area contributed by atoms with Crippen LogP contribution in [0.25, 0.3) is 5.69 Å². The second-order valence-electron chi connectivity index (χ2n) is 8.11. The maximum atomic E-state index is 13.3. The van der Waals surface area contributed by atoms with E-state index in [-0.39, 0.29) is 43.4 Å². The van der Waals surface area contributed by atoms with Gasteiger partial charge < -0.3 is 14.0 Å². The quantitative estimate of drug-likeness (QED) is 0.252. The summed E-state index contributed by atoms with van der Waals surface area (Å²) >= 11 is 0. The molecule has 11 heteroatoms. The number of sulfone groups is 1. The summed E-state index contributed by atoms with van der Waals surface area (Å²) in [6.45, 7) is 0.716. The highest BCUT2D eigenvalue weighted by molar-refractivity contribution is 7.93. The Morgan fingerprint density at radius 1 is 1.17 bits per heavy atom. The largest absolute Gasteiger partial charge is 0.494 e.